The third kappa shape index (κ3) is 2.36. The monoisotopic (exact) mass is 257 g/mol. The molecule has 1 aliphatic heterocycles. The number of hydrogen-bond donors (Lipinski definition) is 1. The molecule has 1 N–H and O–H groups in total. The van der Waals surface area contributed by atoms with E-state index >= 15 is 0 Å². The number of aromatic nitrogens is 2. The molecule has 19 heavy (non-hydrogen) atoms. The second kappa shape index (κ2) is 5.05. The van der Waals surface area contributed by atoms with E-state index in [1.807, 2.05) is 36.0 Å². The molecule has 1 fully saturated rings. The summed E-state index contributed by atoms with van der Waals surface area (Å²) in [4.78, 5) is 0. The summed E-state index contributed by atoms with van der Waals surface area (Å²) in [5, 5.41) is 8.13. The molecule has 3 rings (SSSR count). The Morgan fingerprint density at radius 3 is 2.74 bits per heavy atom. The van der Waals surface area contributed by atoms with Crippen molar-refractivity contribution in [1.29, 1.82) is 0 Å². The predicted octanol–water partition coefficient (Wildman–Crippen LogP) is 2.52. The first-order valence-corrected chi connectivity index (χ1v) is 6.69. The van der Waals surface area contributed by atoms with Gasteiger partial charge < -0.3 is 10.1 Å². The van der Waals surface area contributed by atoms with Crippen LogP contribution in [0.5, 0.6) is 5.75 Å². The minimum absolute atomic E-state index is 0.449. The van der Waals surface area contributed by atoms with Crippen LogP contribution in [0.3, 0.4) is 0 Å². The van der Waals surface area contributed by atoms with Crippen molar-refractivity contribution in [2.75, 3.05) is 13.7 Å². The lowest BCUT2D eigenvalue weighted by Crippen LogP contribution is -2.16. The van der Waals surface area contributed by atoms with E-state index in [1.165, 1.54) is 18.5 Å². The summed E-state index contributed by atoms with van der Waals surface area (Å²) in [5.74, 6) is 0.873. The Morgan fingerprint density at radius 2 is 2.11 bits per heavy atom. The number of nitrogens with zero attached hydrogens (tertiary/aromatic N) is 2. The quantitative estimate of drug-likeness (QED) is 0.918. The summed E-state index contributed by atoms with van der Waals surface area (Å²) in [6.07, 6.45) is 2.44. The normalized spacial score (nSPS) is 18.7. The van der Waals surface area contributed by atoms with Gasteiger partial charge in [0.05, 0.1) is 18.5 Å². The van der Waals surface area contributed by atoms with Crippen molar-refractivity contribution in [3.63, 3.8) is 0 Å². The lowest BCUT2D eigenvalue weighted by Gasteiger charge is -2.09. The molecule has 1 aromatic carbocycles. The molecular weight excluding hydrogens is 238 g/mol. The van der Waals surface area contributed by atoms with Gasteiger partial charge in [-0.05, 0) is 49.7 Å². The van der Waals surface area contributed by atoms with E-state index < -0.39 is 0 Å². The molecule has 0 saturated carbocycles. The zero-order chi connectivity index (χ0) is 13.2. The van der Waals surface area contributed by atoms with E-state index in [-0.39, 0.29) is 0 Å². The van der Waals surface area contributed by atoms with Crippen LogP contribution in [0.2, 0.25) is 0 Å². The molecule has 1 saturated heterocycles. The highest BCUT2D eigenvalue weighted by Gasteiger charge is 2.20. The van der Waals surface area contributed by atoms with Crippen molar-refractivity contribution in [1.82, 2.24) is 15.1 Å². The fourth-order valence-corrected chi connectivity index (χ4v) is 2.65. The molecule has 1 unspecified atom stereocenters. The molecule has 1 aromatic heterocycles. The first kappa shape index (κ1) is 12.2. The number of benzene rings is 1. The average molecular weight is 257 g/mol. The lowest BCUT2D eigenvalue weighted by atomic mass is 10.1. The second-order valence-corrected chi connectivity index (χ2v) is 4.96. The number of ether oxygens (including phenoxy) is 1. The Bertz CT molecular complexity index is 553. The first-order valence-electron chi connectivity index (χ1n) is 6.69. The predicted molar refractivity (Wildman–Crippen MR) is 75.2 cm³/mol. The van der Waals surface area contributed by atoms with Crippen LogP contribution in [0.15, 0.2) is 30.3 Å². The standard InChI is InChI=1S/C15H19N3O/c1-18-15(13-4-3-9-16-13)10-14(17-18)11-5-7-12(19-2)8-6-11/h5-8,10,13,16H,3-4,9H2,1-2H3. The molecule has 1 aliphatic rings. The molecule has 2 heterocycles. The fraction of sp³-hybridized carbons (Fsp3) is 0.400. The van der Waals surface area contributed by atoms with Gasteiger partial charge in [-0.3, -0.25) is 4.68 Å². The molecule has 0 bridgehead atoms. The molecule has 0 spiro atoms. The summed E-state index contributed by atoms with van der Waals surface area (Å²) >= 11 is 0. The molecule has 4 heteroatoms. The summed E-state index contributed by atoms with van der Waals surface area (Å²) in [5.41, 5.74) is 3.41. The molecule has 4 nitrogen and oxygen atoms in total. The van der Waals surface area contributed by atoms with Gasteiger partial charge in [0.1, 0.15) is 5.75 Å². The van der Waals surface area contributed by atoms with Crippen LogP contribution in [0.25, 0.3) is 11.3 Å². The third-order valence-electron chi connectivity index (χ3n) is 3.72. The van der Waals surface area contributed by atoms with E-state index in [1.54, 1.807) is 7.11 Å². The Hall–Kier alpha value is -1.81. The summed E-state index contributed by atoms with van der Waals surface area (Å²) in [6, 6.07) is 10.7. The van der Waals surface area contributed by atoms with Crippen LogP contribution in [-0.2, 0) is 7.05 Å². The highest BCUT2D eigenvalue weighted by atomic mass is 16.5. The minimum atomic E-state index is 0.449. The molecule has 0 radical (unpaired) electrons. The Kier molecular flexibility index (Phi) is 3.25. The van der Waals surface area contributed by atoms with Crippen LogP contribution in [0, 0.1) is 0 Å². The molecule has 1 atom stereocenters. The van der Waals surface area contributed by atoms with E-state index in [2.05, 4.69) is 16.5 Å². The molecule has 0 aliphatic carbocycles. The maximum Gasteiger partial charge on any atom is 0.118 e. The topological polar surface area (TPSA) is 39.1 Å². The van der Waals surface area contributed by atoms with Gasteiger partial charge in [0.2, 0.25) is 0 Å². The van der Waals surface area contributed by atoms with E-state index in [0.29, 0.717) is 6.04 Å². The number of methoxy groups -OCH3 is 1. The molecule has 2 aromatic rings. The molecule has 0 amide bonds. The van der Waals surface area contributed by atoms with Crippen molar-refractivity contribution >= 4 is 0 Å². The SMILES string of the molecule is COc1ccc(-c2cc(C3CCCN3)n(C)n2)cc1. The van der Waals surface area contributed by atoms with Crippen molar-refractivity contribution in [3.05, 3.63) is 36.0 Å². The van der Waals surface area contributed by atoms with Gasteiger partial charge in [-0.2, -0.15) is 5.10 Å². The second-order valence-electron chi connectivity index (χ2n) is 4.96. The highest BCUT2D eigenvalue weighted by molar-refractivity contribution is 5.60. The molecule has 100 valence electrons. The van der Waals surface area contributed by atoms with Crippen LogP contribution in [0.1, 0.15) is 24.6 Å². The largest absolute Gasteiger partial charge is 0.497 e. The van der Waals surface area contributed by atoms with Crippen molar-refractivity contribution in [2.24, 2.45) is 7.05 Å². The Balaban J connectivity index is 1.90. The van der Waals surface area contributed by atoms with E-state index in [0.717, 1.165) is 23.6 Å². The van der Waals surface area contributed by atoms with Crippen LogP contribution in [-0.4, -0.2) is 23.4 Å². The number of hydrogen-bond acceptors (Lipinski definition) is 3. The number of rotatable bonds is 3. The van der Waals surface area contributed by atoms with Gasteiger partial charge >= 0.3 is 0 Å². The van der Waals surface area contributed by atoms with Crippen LogP contribution < -0.4 is 10.1 Å². The maximum absolute atomic E-state index is 5.18. The van der Waals surface area contributed by atoms with E-state index in [9.17, 15) is 0 Å². The van der Waals surface area contributed by atoms with Gasteiger partial charge in [0, 0.05) is 18.7 Å². The van der Waals surface area contributed by atoms with Crippen molar-refractivity contribution in [2.45, 2.75) is 18.9 Å². The zero-order valence-electron chi connectivity index (χ0n) is 11.4. The highest BCUT2D eigenvalue weighted by Crippen LogP contribution is 2.27. The van der Waals surface area contributed by atoms with Gasteiger partial charge in [0.25, 0.3) is 0 Å². The summed E-state index contributed by atoms with van der Waals surface area (Å²) in [6.45, 7) is 1.10. The maximum atomic E-state index is 5.18. The summed E-state index contributed by atoms with van der Waals surface area (Å²) < 4.78 is 7.17. The zero-order valence-corrected chi connectivity index (χ0v) is 11.4. The Morgan fingerprint density at radius 1 is 1.32 bits per heavy atom. The minimum Gasteiger partial charge on any atom is -0.497 e. The smallest absolute Gasteiger partial charge is 0.118 e. The van der Waals surface area contributed by atoms with Crippen molar-refractivity contribution < 1.29 is 4.74 Å². The van der Waals surface area contributed by atoms with Crippen LogP contribution >= 0.6 is 0 Å². The Labute approximate surface area is 113 Å². The summed E-state index contributed by atoms with van der Waals surface area (Å²) in [7, 11) is 3.70. The number of aryl methyl sites for hydroxylation is 1. The molecular formula is C15H19N3O. The van der Waals surface area contributed by atoms with Gasteiger partial charge in [-0.25, -0.2) is 0 Å². The first-order chi connectivity index (χ1) is 9.28. The third-order valence-corrected chi connectivity index (χ3v) is 3.72. The fourth-order valence-electron chi connectivity index (χ4n) is 2.65. The van der Waals surface area contributed by atoms with E-state index in [4.69, 9.17) is 4.74 Å². The van der Waals surface area contributed by atoms with Gasteiger partial charge in [-0.1, -0.05) is 0 Å². The lowest BCUT2D eigenvalue weighted by molar-refractivity contribution is 0.415. The van der Waals surface area contributed by atoms with Crippen molar-refractivity contribution in [3.8, 4) is 17.0 Å². The number of nitrogens with one attached hydrogen (secondary N) is 1. The van der Waals surface area contributed by atoms with Gasteiger partial charge in [-0.15, -0.1) is 0 Å². The van der Waals surface area contributed by atoms with Crippen LogP contribution in [0.4, 0.5) is 0 Å². The van der Waals surface area contributed by atoms with Gasteiger partial charge in [0.15, 0.2) is 0 Å². The average Bonchev–Trinajstić information content (AvgIpc) is 3.08.